The fourth-order valence-corrected chi connectivity index (χ4v) is 1.83. The van der Waals surface area contributed by atoms with Crippen LogP contribution >= 0.6 is 0 Å². The van der Waals surface area contributed by atoms with Crippen molar-refractivity contribution in [1.29, 1.82) is 0 Å². The number of hydrogen-bond donors (Lipinski definition) is 1. The average Bonchev–Trinajstić information content (AvgIpc) is 2.34. The second-order valence-electron chi connectivity index (χ2n) is 4.45. The molecule has 0 spiro atoms. The lowest BCUT2D eigenvalue weighted by atomic mass is 10.0. The Labute approximate surface area is 78.9 Å². The molecule has 13 heavy (non-hydrogen) atoms. The summed E-state index contributed by atoms with van der Waals surface area (Å²) in [6.45, 7) is 7.30. The third kappa shape index (κ3) is 2.34. The van der Waals surface area contributed by atoms with E-state index >= 15 is 0 Å². The average molecular weight is 185 g/mol. The van der Waals surface area contributed by atoms with Crippen LogP contribution in [0.25, 0.3) is 0 Å². The molecule has 0 aromatic carbocycles. The zero-order valence-electron chi connectivity index (χ0n) is 8.46. The van der Waals surface area contributed by atoms with E-state index in [9.17, 15) is 9.90 Å². The van der Waals surface area contributed by atoms with Crippen molar-refractivity contribution in [2.75, 3.05) is 13.1 Å². The monoisotopic (exact) mass is 185 g/mol. The van der Waals surface area contributed by atoms with Gasteiger partial charge in [0.2, 0.25) is 0 Å². The van der Waals surface area contributed by atoms with Gasteiger partial charge in [-0.2, -0.15) is 0 Å². The van der Waals surface area contributed by atoms with Gasteiger partial charge in [0.05, 0.1) is 0 Å². The molecule has 0 radical (unpaired) electrons. The van der Waals surface area contributed by atoms with Crippen molar-refractivity contribution in [3.63, 3.8) is 0 Å². The molecule has 1 saturated heterocycles. The van der Waals surface area contributed by atoms with Crippen molar-refractivity contribution in [2.45, 2.75) is 38.8 Å². The van der Waals surface area contributed by atoms with Crippen molar-refractivity contribution in [1.82, 2.24) is 10.2 Å². The Bertz CT molecular complexity index is 192. The summed E-state index contributed by atoms with van der Waals surface area (Å²) in [6.07, 6.45) is -0.188. The van der Waals surface area contributed by atoms with Gasteiger partial charge in [0, 0.05) is 18.1 Å². The summed E-state index contributed by atoms with van der Waals surface area (Å²) in [5.41, 5.74) is -0.366. The Kier molecular flexibility index (Phi) is 2.81. The molecule has 1 fully saturated rings. The number of carboxylic acid groups (broad SMARTS) is 1. The van der Waals surface area contributed by atoms with Gasteiger partial charge in [0.1, 0.15) is 6.09 Å². The lowest BCUT2D eigenvalue weighted by Gasteiger charge is -2.42. The largest absolute Gasteiger partial charge is 0.530 e. The highest BCUT2D eigenvalue weighted by Gasteiger charge is 2.30. The molecule has 0 aromatic heterocycles. The topological polar surface area (TPSA) is 55.4 Å². The first-order chi connectivity index (χ1) is 5.93. The molecule has 1 aliphatic heterocycles. The van der Waals surface area contributed by atoms with Crippen molar-refractivity contribution in [3.05, 3.63) is 0 Å². The number of nitrogens with zero attached hydrogens (tertiary/aromatic N) is 1. The summed E-state index contributed by atoms with van der Waals surface area (Å²) in [5, 5.41) is 14.1. The van der Waals surface area contributed by atoms with E-state index in [1.165, 1.54) is 4.90 Å². The zero-order valence-corrected chi connectivity index (χ0v) is 8.46. The fraction of sp³-hybridized carbons (Fsp3) is 0.889. The van der Waals surface area contributed by atoms with E-state index in [1.54, 1.807) is 0 Å². The highest BCUT2D eigenvalue weighted by atomic mass is 16.4. The maximum absolute atomic E-state index is 10.9. The van der Waals surface area contributed by atoms with Gasteiger partial charge in [-0.1, -0.05) is 0 Å². The van der Waals surface area contributed by atoms with Crippen LogP contribution in [-0.4, -0.2) is 35.7 Å². The van der Waals surface area contributed by atoms with Crippen LogP contribution in [0.4, 0.5) is 4.79 Å². The number of rotatable bonds is 1. The molecule has 1 heterocycles. The standard InChI is InChI=1S/C9H18N2O2/c1-9(2,3)11(8(12)13)7-4-5-10-6-7/h7,10H,4-6H2,1-3H3,(H,12,13)/p-1. The SMILES string of the molecule is CC(C)(C)N(C(=O)[O-])C1CCNC1. The first kappa shape index (κ1) is 10.3. The van der Waals surface area contributed by atoms with Gasteiger partial charge in [0.15, 0.2) is 0 Å². The van der Waals surface area contributed by atoms with E-state index in [-0.39, 0.29) is 11.6 Å². The Hall–Kier alpha value is -0.770. The van der Waals surface area contributed by atoms with Gasteiger partial charge in [-0.25, -0.2) is 0 Å². The van der Waals surface area contributed by atoms with Gasteiger partial charge in [-0.3, -0.25) is 0 Å². The summed E-state index contributed by atoms with van der Waals surface area (Å²) in [7, 11) is 0. The van der Waals surface area contributed by atoms with Crippen molar-refractivity contribution < 1.29 is 9.90 Å². The number of hydrogen-bond acceptors (Lipinski definition) is 3. The second-order valence-corrected chi connectivity index (χ2v) is 4.45. The van der Waals surface area contributed by atoms with Gasteiger partial charge in [0.25, 0.3) is 0 Å². The highest BCUT2D eigenvalue weighted by molar-refractivity contribution is 5.64. The molecule has 1 unspecified atom stereocenters. The van der Waals surface area contributed by atoms with Crippen LogP contribution in [0.1, 0.15) is 27.2 Å². The molecule has 0 aromatic rings. The quantitative estimate of drug-likeness (QED) is 0.615. The summed E-state index contributed by atoms with van der Waals surface area (Å²) >= 11 is 0. The number of carbonyl (C=O) groups excluding carboxylic acids is 1. The zero-order chi connectivity index (χ0) is 10.1. The lowest BCUT2D eigenvalue weighted by Crippen LogP contribution is -2.57. The first-order valence-corrected chi connectivity index (χ1v) is 4.64. The predicted molar refractivity (Wildman–Crippen MR) is 48.3 cm³/mol. The van der Waals surface area contributed by atoms with Gasteiger partial charge >= 0.3 is 0 Å². The molecule has 1 rings (SSSR count). The number of carbonyl (C=O) groups is 1. The summed E-state index contributed by atoms with van der Waals surface area (Å²) in [6, 6.07) is 0.0741. The van der Waals surface area contributed by atoms with E-state index in [0.29, 0.717) is 0 Å². The molecule has 1 atom stereocenters. The first-order valence-electron chi connectivity index (χ1n) is 4.64. The van der Waals surface area contributed by atoms with E-state index < -0.39 is 6.09 Å². The van der Waals surface area contributed by atoms with Gasteiger partial charge in [-0.15, -0.1) is 0 Å². The molecule has 4 heteroatoms. The van der Waals surface area contributed by atoms with Crippen LogP contribution < -0.4 is 10.4 Å². The Morgan fingerprint density at radius 3 is 2.46 bits per heavy atom. The van der Waals surface area contributed by atoms with Gasteiger partial charge in [-0.05, 0) is 33.7 Å². The highest BCUT2D eigenvalue weighted by Crippen LogP contribution is 2.19. The van der Waals surface area contributed by atoms with E-state index in [2.05, 4.69) is 5.32 Å². The molecule has 0 saturated carbocycles. The van der Waals surface area contributed by atoms with Crippen molar-refractivity contribution in [2.24, 2.45) is 0 Å². The number of nitrogens with one attached hydrogen (secondary N) is 1. The van der Waals surface area contributed by atoms with Crippen molar-refractivity contribution >= 4 is 6.09 Å². The summed E-state index contributed by atoms with van der Waals surface area (Å²) in [5.74, 6) is 0. The third-order valence-electron chi connectivity index (χ3n) is 2.32. The number of amides is 1. The molecular weight excluding hydrogens is 168 g/mol. The van der Waals surface area contributed by atoms with Crippen LogP contribution in [0.15, 0.2) is 0 Å². The Balaban J connectivity index is 2.72. The maximum atomic E-state index is 10.9. The van der Waals surface area contributed by atoms with Crippen LogP contribution in [0.5, 0.6) is 0 Å². The minimum Gasteiger partial charge on any atom is -0.530 e. The molecular formula is C9H17N2O2-. The summed E-state index contributed by atoms with van der Waals surface area (Å²) < 4.78 is 0. The van der Waals surface area contributed by atoms with Crippen LogP contribution in [0.3, 0.4) is 0 Å². The third-order valence-corrected chi connectivity index (χ3v) is 2.32. The molecule has 1 aliphatic rings. The minimum atomic E-state index is -1.07. The molecule has 0 bridgehead atoms. The molecule has 1 N–H and O–H groups in total. The molecule has 76 valence electrons. The van der Waals surface area contributed by atoms with Crippen molar-refractivity contribution in [3.8, 4) is 0 Å². The predicted octanol–water partition coefficient (Wildman–Crippen LogP) is -0.208. The molecule has 1 amide bonds. The normalized spacial score (nSPS) is 23.2. The lowest BCUT2D eigenvalue weighted by molar-refractivity contribution is -0.273. The Morgan fingerprint density at radius 1 is 1.54 bits per heavy atom. The van der Waals surface area contributed by atoms with E-state index in [0.717, 1.165) is 19.5 Å². The Morgan fingerprint density at radius 2 is 2.15 bits per heavy atom. The summed E-state index contributed by atoms with van der Waals surface area (Å²) in [4.78, 5) is 12.4. The maximum Gasteiger partial charge on any atom is 0.137 e. The molecule has 0 aliphatic carbocycles. The van der Waals surface area contributed by atoms with Gasteiger partial charge < -0.3 is 20.1 Å². The second kappa shape index (κ2) is 3.54. The van der Waals surface area contributed by atoms with E-state index in [1.807, 2.05) is 20.8 Å². The molecule has 4 nitrogen and oxygen atoms in total. The smallest absolute Gasteiger partial charge is 0.137 e. The van der Waals surface area contributed by atoms with Crippen LogP contribution in [0.2, 0.25) is 0 Å². The van der Waals surface area contributed by atoms with Crippen LogP contribution in [0, 0.1) is 0 Å². The fourth-order valence-electron chi connectivity index (χ4n) is 1.83. The van der Waals surface area contributed by atoms with E-state index in [4.69, 9.17) is 0 Å². The van der Waals surface area contributed by atoms with Crippen LogP contribution in [-0.2, 0) is 0 Å². The minimum absolute atomic E-state index is 0.0741.